The van der Waals surface area contributed by atoms with Crippen molar-refractivity contribution in [3.63, 3.8) is 0 Å². The Morgan fingerprint density at radius 1 is 1.20 bits per heavy atom. The molecule has 2 N–H and O–H groups in total. The molecule has 0 amide bonds. The lowest BCUT2D eigenvalue weighted by Crippen LogP contribution is -2.04. The summed E-state index contributed by atoms with van der Waals surface area (Å²) in [5, 5.41) is 0.734. The van der Waals surface area contributed by atoms with E-state index in [9.17, 15) is 0 Å². The van der Waals surface area contributed by atoms with Crippen LogP contribution in [0.3, 0.4) is 0 Å². The molecule has 4 nitrogen and oxygen atoms in total. The molecule has 0 saturated carbocycles. The zero-order valence-electron chi connectivity index (χ0n) is 11.4. The number of aromatic nitrogens is 3. The fourth-order valence-electron chi connectivity index (χ4n) is 2.27. The maximum Gasteiger partial charge on any atom is 0.160 e. The van der Waals surface area contributed by atoms with Crippen molar-refractivity contribution in [3.05, 3.63) is 52.4 Å². The molecule has 3 rings (SSSR count). The number of pyridine rings is 1. The summed E-state index contributed by atoms with van der Waals surface area (Å²) in [5.74, 6) is 0.914. The van der Waals surface area contributed by atoms with Gasteiger partial charge in [0.05, 0.1) is 17.9 Å². The van der Waals surface area contributed by atoms with Crippen molar-refractivity contribution >= 4 is 28.5 Å². The number of halogens is 1. The first-order valence-corrected chi connectivity index (χ1v) is 6.77. The van der Waals surface area contributed by atoms with Crippen LogP contribution in [0.5, 0.6) is 0 Å². The van der Waals surface area contributed by atoms with Crippen LogP contribution in [0.4, 0.5) is 5.69 Å². The molecule has 2 aromatic heterocycles. The van der Waals surface area contributed by atoms with E-state index in [-0.39, 0.29) is 0 Å². The molecule has 0 saturated heterocycles. The zero-order chi connectivity index (χ0) is 14.3. The molecule has 0 radical (unpaired) electrons. The van der Waals surface area contributed by atoms with Crippen molar-refractivity contribution in [2.24, 2.45) is 0 Å². The Morgan fingerprint density at radius 2 is 2.00 bits per heavy atom. The smallest absolute Gasteiger partial charge is 0.160 e. The predicted molar refractivity (Wildman–Crippen MR) is 82.0 cm³/mol. The Balaban J connectivity index is 2.11. The maximum atomic E-state index is 6.03. The Morgan fingerprint density at radius 3 is 2.75 bits per heavy atom. The fourth-order valence-corrected chi connectivity index (χ4v) is 2.49. The Hall–Kier alpha value is -2.07. The SMILES string of the molecule is Cc1nc2c(cc1N)nc(C)n2Cc1cccc(Cl)c1. The number of nitrogens with zero attached hydrogens (tertiary/aromatic N) is 3. The van der Waals surface area contributed by atoms with Gasteiger partial charge in [0.2, 0.25) is 0 Å². The van der Waals surface area contributed by atoms with E-state index in [1.165, 1.54) is 0 Å². The molecular weight excluding hydrogens is 272 g/mol. The summed E-state index contributed by atoms with van der Waals surface area (Å²) >= 11 is 6.03. The third kappa shape index (κ3) is 2.23. The van der Waals surface area contributed by atoms with Gasteiger partial charge in [-0.25, -0.2) is 9.97 Å². The standard InChI is InChI=1S/C15H15ClN4/c1-9-13(17)7-14-15(18-9)20(10(2)19-14)8-11-4-3-5-12(16)6-11/h3-7H,8,17H2,1-2H3. The molecule has 0 aliphatic rings. The highest BCUT2D eigenvalue weighted by Crippen LogP contribution is 2.21. The minimum Gasteiger partial charge on any atom is -0.397 e. The van der Waals surface area contributed by atoms with Crippen LogP contribution in [0.2, 0.25) is 5.02 Å². The normalized spacial score (nSPS) is 11.2. The lowest BCUT2D eigenvalue weighted by atomic mass is 10.2. The van der Waals surface area contributed by atoms with Crippen LogP contribution in [0.15, 0.2) is 30.3 Å². The van der Waals surface area contributed by atoms with Gasteiger partial charge in [0, 0.05) is 5.02 Å². The fraction of sp³-hybridized carbons (Fsp3) is 0.200. The summed E-state index contributed by atoms with van der Waals surface area (Å²) in [6.07, 6.45) is 0. The maximum absolute atomic E-state index is 6.03. The monoisotopic (exact) mass is 286 g/mol. The number of hydrogen-bond donors (Lipinski definition) is 1. The van der Waals surface area contributed by atoms with Crippen LogP contribution < -0.4 is 5.73 Å². The van der Waals surface area contributed by atoms with Crippen LogP contribution >= 0.6 is 11.6 Å². The average molecular weight is 287 g/mol. The lowest BCUT2D eigenvalue weighted by Gasteiger charge is -2.07. The second-order valence-electron chi connectivity index (χ2n) is 4.88. The van der Waals surface area contributed by atoms with E-state index in [0.717, 1.165) is 33.3 Å². The molecule has 0 atom stereocenters. The molecule has 102 valence electrons. The molecule has 1 aromatic carbocycles. The van der Waals surface area contributed by atoms with Gasteiger partial charge in [0.1, 0.15) is 11.3 Å². The number of imidazole rings is 1. The van der Waals surface area contributed by atoms with E-state index in [4.69, 9.17) is 17.3 Å². The van der Waals surface area contributed by atoms with Gasteiger partial charge in [-0.3, -0.25) is 0 Å². The highest BCUT2D eigenvalue weighted by Gasteiger charge is 2.11. The Labute approximate surface area is 122 Å². The van der Waals surface area contributed by atoms with Gasteiger partial charge < -0.3 is 10.3 Å². The predicted octanol–water partition coefficient (Wildman–Crippen LogP) is 3.33. The molecular formula is C15H15ClN4. The number of fused-ring (bicyclic) bond motifs is 1. The summed E-state index contributed by atoms with van der Waals surface area (Å²) in [6, 6.07) is 9.69. The number of anilines is 1. The van der Waals surface area contributed by atoms with Gasteiger partial charge >= 0.3 is 0 Å². The second-order valence-corrected chi connectivity index (χ2v) is 5.32. The minimum atomic E-state index is 0.671. The molecule has 5 heteroatoms. The second kappa shape index (κ2) is 4.80. The van der Waals surface area contributed by atoms with E-state index in [1.807, 2.05) is 44.2 Å². The first-order chi connectivity index (χ1) is 9.54. The van der Waals surface area contributed by atoms with Crippen LogP contribution in [-0.2, 0) is 6.54 Å². The van der Waals surface area contributed by atoms with Crippen molar-refractivity contribution < 1.29 is 0 Å². The summed E-state index contributed by atoms with van der Waals surface area (Å²) in [4.78, 5) is 9.08. The summed E-state index contributed by atoms with van der Waals surface area (Å²) in [5.41, 5.74) is 10.2. The molecule has 0 fully saturated rings. The summed E-state index contributed by atoms with van der Waals surface area (Å²) < 4.78 is 2.08. The first kappa shape index (κ1) is 12.9. The number of nitrogen functional groups attached to an aromatic ring is 1. The molecule has 2 heterocycles. The lowest BCUT2D eigenvalue weighted by molar-refractivity contribution is 0.776. The molecule has 0 aliphatic carbocycles. The molecule has 0 bridgehead atoms. The number of hydrogen-bond acceptors (Lipinski definition) is 3. The topological polar surface area (TPSA) is 56.7 Å². The molecule has 0 spiro atoms. The third-order valence-electron chi connectivity index (χ3n) is 3.37. The number of nitrogens with two attached hydrogens (primary N) is 1. The largest absolute Gasteiger partial charge is 0.397 e. The highest BCUT2D eigenvalue weighted by atomic mass is 35.5. The van der Waals surface area contributed by atoms with E-state index in [0.29, 0.717) is 12.2 Å². The zero-order valence-corrected chi connectivity index (χ0v) is 12.1. The van der Waals surface area contributed by atoms with Gasteiger partial charge in [-0.05, 0) is 37.6 Å². The minimum absolute atomic E-state index is 0.671. The van der Waals surface area contributed by atoms with Gasteiger partial charge in [-0.1, -0.05) is 23.7 Å². The van der Waals surface area contributed by atoms with Crippen molar-refractivity contribution in [1.82, 2.24) is 14.5 Å². The van der Waals surface area contributed by atoms with E-state index >= 15 is 0 Å². The van der Waals surface area contributed by atoms with Gasteiger partial charge in [0.25, 0.3) is 0 Å². The number of rotatable bonds is 2. The van der Waals surface area contributed by atoms with Crippen molar-refractivity contribution in [1.29, 1.82) is 0 Å². The van der Waals surface area contributed by atoms with Crippen molar-refractivity contribution in [3.8, 4) is 0 Å². The Kier molecular flexibility index (Phi) is 3.10. The molecule has 20 heavy (non-hydrogen) atoms. The third-order valence-corrected chi connectivity index (χ3v) is 3.61. The van der Waals surface area contributed by atoms with Gasteiger partial charge in [-0.2, -0.15) is 0 Å². The molecule has 0 unspecified atom stereocenters. The first-order valence-electron chi connectivity index (χ1n) is 6.39. The van der Waals surface area contributed by atoms with Gasteiger partial charge in [-0.15, -0.1) is 0 Å². The summed E-state index contributed by atoms with van der Waals surface area (Å²) in [7, 11) is 0. The van der Waals surface area contributed by atoms with Crippen LogP contribution in [0.1, 0.15) is 17.1 Å². The van der Waals surface area contributed by atoms with E-state index in [1.54, 1.807) is 0 Å². The van der Waals surface area contributed by atoms with Crippen molar-refractivity contribution in [2.75, 3.05) is 5.73 Å². The van der Waals surface area contributed by atoms with Crippen LogP contribution in [0.25, 0.3) is 11.2 Å². The van der Waals surface area contributed by atoms with Gasteiger partial charge in [0.15, 0.2) is 5.65 Å². The van der Waals surface area contributed by atoms with E-state index < -0.39 is 0 Å². The quantitative estimate of drug-likeness (QED) is 0.786. The van der Waals surface area contributed by atoms with Crippen molar-refractivity contribution in [2.45, 2.75) is 20.4 Å². The molecule has 0 aliphatic heterocycles. The van der Waals surface area contributed by atoms with E-state index in [2.05, 4.69) is 14.5 Å². The van der Waals surface area contributed by atoms with Crippen LogP contribution in [0, 0.1) is 13.8 Å². The average Bonchev–Trinajstić information content (AvgIpc) is 2.67. The number of benzene rings is 1. The highest BCUT2D eigenvalue weighted by molar-refractivity contribution is 6.30. The van der Waals surface area contributed by atoms with Crippen LogP contribution in [-0.4, -0.2) is 14.5 Å². The Bertz CT molecular complexity index is 792. The molecule has 3 aromatic rings. The summed E-state index contributed by atoms with van der Waals surface area (Å²) in [6.45, 7) is 4.57. The number of aryl methyl sites for hydroxylation is 2.